The molecule has 2 saturated heterocycles. The lowest BCUT2D eigenvalue weighted by Gasteiger charge is -2.48. The number of aryl methyl sites for hydroxylation is 1. The van der Waals surface area contributed by atoms with Gasteiger partial charge in [0, 0.05) is 23.8 Å². The first kappa shape index (κ1) is 28.2. The van der Waals surface area contributed by atoms with E-state index in [0.29, 0.717) is 11.6 Å². The molecule has 4 atom stereocenters. The molecule has 0 unspecified atom stereocenters. The van der Waals surface area contributed by atoms with Gasteiger partial charge in [0.15, 0.2) is 0 Å². The zero-order valence-electron chi connectivity index (χ0n) is 24.6. The topological polar surface area (TPSA) is 64.7 Å². The Morgan fingerprint density at radius 3 is 2.32 bits per heavy atom. The van der Waals surface area contributed by atoms with Gasteiger partial charge in [-0.3, -0.25) is 9.59 Å². The number of hydrogen-bond acceptors (Lipinski definition) is 4. The molecule has 7 heteroatoms. The molecule has 2 aromatic carbocycles. The largest absolute Gasteiger partial charge is 0.382 e. The Bertz CT molecular complexity index is 1220. The zero-order chi connectivity index (χ0) is 28.5. The molecule has 6 nitrogen and oxygen atoms in total. The summed E-state index contributed by atoms with van der Waals surface area (Å²) in [6.45, 7) is 3.74. The molecule has 0 bridgehead atoms. The molecular formula is C34H45FN4O2. The molecule has 2 saturated carbocycles. The van der Waals surface area contributed by atoms with Gasteiger partial charge in [0.2, 0.25) is 5.91 Å². The van der Waals surface area contributed by atoms with Gasteiger partial charge in [-0.25, -0.2) is 4.39 Å². The van der Waals surface area contributed by atoms with Gasteiger partial charge in [-0.2, -0.15) is 0 Å². The second-order valence-electron chi connectivity index (χ2n) is 13.0. The van der Waals surface area contributed by atoms with E-state index in [9.17, 15) is 9.59 Å². The minimum absolute atomic E-state index is 0.00942. The van der Waals surface area contributed by atoms with Crippen molar-refractivity contribution in [3.63, 3.8) is 0 Å². The minimum Gasteiger partial charge on any atom is -0.382 e. The van der Waals surface area contributed by atoms with Crippen molar-refractivity contribution < 1.29 is 14.0 Å². The SMILES string of the molecule is Cc1cccc(F)c1C(=O)N1[C@@H]2CCC[C@@H]2C[C@H](C(=O)NC2CCN(C)CC2)[C@@H]1c1ccc(NC2CCCC2)cc1. The van der Waals surface area contributed by atoms with Crippen LogP contribution in [0.1, 0.15) is 91.7 Å². The minimum atomic E-state index is -0.489. The number of likely N-dealkylation sites (tertiary alicyclic amines) is 2. The molecule has 6 rings (SSSR count). The van der Waals surface area contributed by atoms with E-state index < -0.39 is 11.9 Å². The van der Waals surface area contributed by atoms with Crippen molar-refractivity contribution in [3.8, 4) is 0 Å². The summed E-state index contributed by atoms with van der Waals surface area (Å²) in [5, 5.41) is 7.04. The number of nitrogens with zero attached hydrogens (tertiary/aromatic N) is 2. The second kappa shape index (κ2) is 12.1. The number of halogens is 1. The Balaban J connectivity index is 1.35. The lowest BCUT2D eigenvalue weighted by atomic mass is 9.75. The third-order valence-corrected chi connectivity index (χ3v) is 10.3. The van der Waals surface area contributed by atoms with Crippen molar-refractivity contribution in [2.45, 2.75) is 95.3 Å². The summed E-state index contributed by atoms with van der Waals surface area (Å²) in [6, 6.07) is 13.4. The van der Waals surface area contributed by atoms with Gasteiger partial charge in [-0.1, -0.05) is 43.5 Å². The molecule has 0 radical (unpaired) electrons. The Morgan fingerprint density at radius 1 is 0.878 bits per heavy atom. The summed E-state index contributed by atoms with van der Waals surface area (Å²) in [4.78, 5) is 32.7. The maximum atomic E-state index is 15.2. The maximum absolute atomic E-state index is 15.2. The van der Waals surface area contributed by atoms with Crippen LogP contribution in [0.2, 0.25) is 0 Å². The van der Waals surface area contributed by atoms with Gasteiger partial charge in [-0.05, 0) is 107 Å². The summed E-state index contributed by atoms with van der Waals surface area (Å²) in [6.07, 6.45) is 10.5. The predicted molar refractivity (Wildman–Crippen MR) is 160 cm³/mol. The van der Waals surface area contributed by atoms with Gasteiger partial charge in [0.05, 0.1) is 17.5 Å². The van der Waals surface area contributed by atoms with Gasteiger partial charge in [0.25, 0.3) is 5.91 Å². The lowest BCUT2D eigenvalue weighted by molar-refractivity contribution is -0.131. The van der Waals surface area contributed by atoms with Crippen LogP contribution in [0.4, 0.5) is 10.1 Å². The number of piperidine rings is 2. The van der Waals surface area contributed by atoms with E-state index >= 15 is 4.39 Å². The van der Waals surface area contributed by atoms with Crippen LogP contribution in [-0.4, -0.2) is 59.9 Å². The number of amides is 2. The van der Waals surface area contributed by atoms with E-state index in [1.165, 1.54) is 31.7 Å². The highest BCUT2D eigenvalue weighted by molar-refractivity contribution is 5.97. The molecule has 2 amide bonds. The number of anilines is 1. The van der Waals surface area contributed by atoms with Crippen LogP contribution < -0.4 is 10.6 Å². The van der Waals surface area contributed by atoms with E-state index in [1.54, 1.807) is 19.1 Å². The van der Waals surface area contributed by atoms with Crippen LogP contribution in [0.3, 0.4) is 0 Å². The van der Waals surface area contributed by atoms with Gasteiger partial charge >= 0.3 is 0 Å². The number of nitrogens with one attached hydrogen (secondary N) is 2. The Morgan fingerprint density at radius 2 is 1.61 bits per heavy atom. The molecule has 0 aromatic heterocycles. The normalized spacial score (nSPS) is 27.5. The highest BCUT2D eigenvalue weighted by Crippen LogP contribution is 2.49. The molecule has 2 heterocycles. The third kappa shape index (κ3) is 5.88. The molecule has 2 N–H and O–H groups in total. The second-order valence-corrected chi connectivity index (χ2v) is 13.0. The van der Waals surface area contributed by atoms with Crippen molar-refractivity contribution in [2.75, 3.05) is 25.5 Å². The Labute approximate surface area is 244 Å². The van der Waals surface area contributed by atoms with Crippen LogP contribution >= 0.6 is 0 Å². The van der Waals surface area contributed by atoms with Crippen molar-refractivity contribution in [3.05, 3.63) is 65.0 Å². The molecule has 4 fully saturated rings. The van der Waals surface area contributed by atoms with E-state index in [0.717, 1.165) is 62.9 Å². The number of hydrogen-bond donors (Lipinski definition) is 2. The lowest BCUT2D eigenvalue weighted by Crippen LogP contribution is -2.56. The number of carbonyl (C=O) groups is 2. The number of fused-ring (bicyclic) bond motifs is 1. The van der Waals surface area contributed by atoms with E-state index in [-0.39, 0.29) is 41.3 Å². The molecular weight excluding hydrogens is 515 g/mol. The summed E-state index contributed by atoms with van der Waals surface area (Å²) in [7, 11) is 2.12. The smallest absolute Gasteiger partial charge is 0.257 e. The van der Waals surface area contributed by atoms with Crippen molar-refractivity contribution in [2.24, 2.45) is 11.8 Å². The summed E-state index contributed by atoms with van der Waals surface area (Å²) < 4.78 is 15.2. The molecule has 4 aliphatic rings. The monoisotopic (exact) mass is 560 g/mol. The molecule has 41 heavy (non-hydrogen) atoms. The third-order valence-electron chi connectivity index (χ3n) is 10.3. The Hall–Kier alpha value is -2.93. The first-order valence-corrected chi connectivity index (χ1v) is 15.8. The van der Waals surface area contributed by atoms with Gasteiger partial charge in [0.1, 0.15) is 5.82 Å². The van der Waals surface area contributed by atoms with Gasteiger partial charge < -0.3 is 20.4 Å². The molecule has 0 spiro atoms. The quantitative estimate of drug-likeness (QED) is 0.450. The highest BCUT2D eigenvalue weighted by atomic mass is 19.1. The van der Waals surface area contributed by atoms with Crippen molar-refractivity contribution in [1.29, 1.82) is 0 Å². The van der Waals surface area contributed by atoms with Crippen LogP contribution in [-0.2, 0) is 4.79 Å². The summed E-state index contributed by atoms with van der Waals surface area (Å²) in [5.41, 5.74) is 2.81. The highest BCUT2D eigenvalue weighted by Gasteiger charge is 2.50. The molecule has 2 aliphatic carbocycles. The van der Waals surface area contributed by atoms with E-state index in [1.807, 2.05) is 4.90 Å². The number of rotatable bonds is 6. The number of benzene rings is 2. The number of carbonyl (C=O) groups excluding carboxylic acids is 2. The van der Waals surface area contributed by atoms with Gasteiger partial charge in [-0.15, -0.1) is 0 Å². The fraction of sp³-hybridized carbons (Fsp3) is 0.588. The first-order chi connectivity index (χ1) is 19.9. The summed E-state index contributed by atoms with van der Waals surface area (Å²) >= 11 is 0. The maximum Gasteiger partial charge on any atom is 0.257 e. The average Bonchev–Trinajstić information content (AvgIpc) is 3.66. The van der Waals surface area contributed by atoms with Crippen molar-refractivity contribution >= 4 is 17.5 Å². The van der Waals surface area contributed by atoms with Crippen LogP contribution in [0.15, 0.2) is 42.5 Å². The molecule has 220 valence electrons. The van der Waals surface area contributed by atoms with Crippen LogP contribution in [0, 0.1) is 24.6 Å². The Kier molecular flexibility index (Phi) is 8.34. The van der Waals surface area contributed by atoms with E-state index in [2.05, 4.69) is 46.8 Å². The fourth-order valence-corrected chi connectivity index (χ4v) is 8.01. The molecule has 2 aliphatic heterocycles. The molecule has 2 aromatic rings. The first-order valence-electron chi connectivity index (χ1n) is 15.8. The predicted octanol–water partition coefficient (Wildman–Crippen LogP) is 6.07. The average molecular weight is 561 g/mol. The zero-order valence-corrected chi connectivity index (χ0v) is 24.6. The van der Waals surface area contributed by atoms with Crippen LogP contribution in [0.25, 0.3) is 0 Å². The standard InChI is InChI=1S/C34H45FN4O2/c1-22-7-5-11-29(35)31(22)34(41)39-30-12-6-8-24(30)21-28(33(40)37-27-17-19-38(2)20-18-27)32(39)23-13-15-26(16-14-23)36-25-9-3-4-10-25/h5,7,11,13-16,24-25,27-28,30,32,36H,3-4,6,8-10,12,17-21H2,1-2H3,(H,37,40)/t24-,28+,30-,32+/m1/s1. The van der Waals surface area contributed by atoms with E-state index in [4.69, 9.17) is 0 Å². The van der Waals surface area contributed by atoms with Crippen LogP contribution in [0.5, 0.6) is 0 Å². The fourth-order valence-electron chi connectivity index (χ4n) is 8.01. The van der Waals surface area contributed by atoms with Crippen molar-refractivity contribution in [1.82, 2.24) is 15.1 Å². The summed E-state index contributed by atoms with van der Waals surface area (Å²) in [5.74, 6) is -0.867.